The highest BCUT2D eigenvalue weighted by Gasteiger charge is 2.20. The number of aliphatic carboxylic acids is 1. The molecule has 0 radical (unpaired) electrons. The number of carboxylic acid groups (broad SMARTS) is 1. The number of amides is 2. The Morgan fingerprint density at radius 1 is 1.14 bits per heavy atom. The Bertz CT molecular complexity index is 521. The summed E-state index contributed by atoms with van der Waals surface area (Å²) in [6, 6.07) is 6.40. The van der Waals surface area contributed by atoms with Crippen LogP contribution in [0.4, 0.5) is 5.69 Å². The molecule has 0 aliphatic carbocycles. The van der Waals surface area contributed by atoms with Crippen LogP contribution in [0.1, 0.15) is 31.1 Å². The number of carbonyl (C=O) groups is 3. The summed E-state index contributed by atoms with van der Waals surface area (Å²) < 4.78 is 0. The van der Waals surface area contributed by atoms with Crippen LogP contribution < -0.4 is 5.32 Å². The van der Waals surface area contributed by atoms with Crippen molar-refractivity contribution in [1.82, 2.24) is 4.90 Å². The van der Waals surface area contributed by atoms with E-state index >= 15 is 0 Å². The van der Waals surface area contributed by atoms with Crippen LogP contribution in [0, 0.1) is 5.92 Å². The first kappa shape index (κ1) is 16.7. The molecule has 0 spiro atoms. The predicted molar refractivity (Wildman–Crippen MR) is 79.1 cm³/mol. The molecular weight excluding hydrogens is 272 g/mol. The minimum Gasteiger partial charge on any atom is -0.481 e. The zero-order chi connectivity index (χ0) is 16.0. The number of rotatable bonds is 6. The first-order valence-electron chi connectivity index (χ1n) is 6.83. The molecule has 1 aromatic carbocycles. The molecule has 0 heterocycles. The smallest absolute Gasteiger partial charge is 0.315 e. The van der Waals surface area contributed by atoms with Crippen molar-refractivity contribution in [3.63, 3.8) is 0 Å². The second-order valence-corrected chi connectivity index (χ2v) is 4.60. The fourth-order valence-corrected chi connectivity index (χ4v) is 1.75. The molecule has 21 heavy (non-hydrogen) atoms. The van der Waals surface area contributed by atoms with Crippen LogP contribution >= 0.6 is 0 Å². The second-order valence-electron chi connectivity index (χ2n) is 4.60. The van der Waals surface area contributed by atoms with Gasteiger partial charge in [0.2, 0.25) is 5.91 Å². The number of benzene rings is 1. The fourth-order valence-electron chi connectivity index (χ4n) is 1.75. The average Bonchev–Trinajstić information content (AvgIpc) is 2.48. The number of hydrogen-bond donors (Lipinski definition) is 2. The highest BCUT2D eigenvalue weighted by Crippen LogP contribution is 2.13. The average molecular weight is 292 g/mol. The highest BCUT2D eigenvalue weighted by molar-refractivity contribution is 6.04. The van der Waals surface area contributed by atoms with Gasteiger partial charge in [0.1, 0.15) is 5.92 Å². The van der Waals surface area contributed by atoms with Crippen molar-refractivity contribution in [2.24, 2.45) is 5.92 Å². The minimum absolute atomic E-state index is 0.0724. The number of carbonyl (C=O) groups excluding carboxylic acids is 2. The molecule has 1 unspecified atom stereocenters. The van der Waals surface area contributed by atoms with Crippen LogP contribution in [0.15, 0.2) is 24.3 Å². The van der Waals surface area contributed by atoms with Crippen molar-refractivity contribution in [1.29, 1.82) is 0 Å². The van der Waals surface area contributed by atoms with Crippen molar-refractivity contribution in [2.75, 3.05) is 18.4 Å². The van der Waals surface area contributed by atoms with Crippen molar-refractivity contribution in [3.8, 4) is 0 Å². The second kappa shape index (κ2) is 7.42. The zero-order valence-corrected chi connectivity index (χ0v) is 12.4. The summed E-state index contributed by atoms with van der Waals surface area (Å²) in [4.78, 5) is 36.1. The van der Waals surface area contributed by atoms with Gasteiger partial charge in [0.25, 0.3) is 5.91 Å². The van der Waals surface area contributed by atoms with Gasteiger partial charge >= 0.3 is 5.97 Å². The zero-order valence-electron chi connectivity index (χ0n) is 12.4. The molecule has 1 aromatic rings. The molecule has 0 aliphatic rings. The van der Waals surface area contributed by atoms with E-state index < -0.39 is 17.8 Å². The van der Waals surface area contributed by atoms with Crippen molar-refractivity contribution in [2.45, 2.75) is 20.8 Å². The van der Waals surface area contributed by atoms with E-state index in [2.05, 4.69) is 5.32 Å². The SMILES string of the molecule is CCN(CC)C(=O)c1ccc(NC(=O)C(C)C(=O)O)cc1. The van der Waals surface area contributed by atoms with E-state index in [0.29, 0.717) is 24.3 Å². The molecular formula is C15H20N2O4. The molecule has 6 nitrogen and oxygen atoms in total. The Kier molecular flexibility index (Phi) is 5.90. The molecule has 0 saturated carbocycles. The molecule has 1 atom stereocenters. The molecule has 1 rings (SSSR count). The highest BCUT2D eigenvalue weighted by atomic mass is 16.4. The van der Waals surface area contributed by atoms with Crippen molar-refractivity contribution in [3.05, 3.63) is 29.8 Å². The lowest BCUT2D eigenvalue weighted by Crippen LogP contribution is -2.30. The van der Waals surface area contributed by atoms with Crippen LogP contribution in [-0.2, 0) is 9.59 Å². The maximum absolute atomic E-state index is 12.1. The van der Waals surface area contributed by atoms with Gasteiger partial charge in [-0.3, -0.25) is 14.4 Å². The summed E-state index contributed by atoms with van der Waals surface area (Å²) in [6.45, 7) is 6.39. The lowest BCUT2D eigenvalue weighted by Gasteiger charge is -2.18. The number of anilines is 1. The van der Waals surface area contributed by atoms with Gasteiger partial charge in [-0.1, -0.05) is 0 Å². The summed E-state index contributed by atoms with van der Waals surface area (Å²) in [5.41, 5.74) is 0.993. The minimum atomic E-state index is -1.18. The van der Waals surface area contributed by atoms with Crippen LogP contribution in [0.25, 0.3) is 0 Å². The molecule has 0 bridgehead atoms. The van der Waals surface area contributed by atoms with Gasteiger partial charge in [-0.2, -0.15) is 0 Å². The van der Waals surface area contributed by atoms with Crippen molar-refractivity contribution < 1.29 is 19.5 Å². The third-order valence-electron chi connectivity index (χ3n) is 3.21. The van der Waals surface area contributed by atoms with Gasteiger partial charge in [0.05, 0.1) is 0 Å². The van der Waals surface area contributed by atoms with Gasteiger partial charge < -0.3 is 15.3 Å². The number of carboxylic acids is 1. The van der Waals surface area contributed by atoms with Gasteiger partial charge in [-0.15, -0.1) is 0 Å². The van der Waals surface area contributed by atoms with E-state index in [4.69, 9.17) is 5.11 Å². The van der Waals surface area contributed by atoms with E-state index in [1.54, 1.807) is 29.2 Å². The maximum atomic E-state index is 12.1. The Morgan fingerprint density at radius 3 is 2.10 bits per heavy atom. The van der Waals surface area contributed by atoms with E-state index in [1.165, 1.54) is 6.92 Å². The molecule has 0 saturated heterocycles. The summed E-state index contributed by atoms with van der Waals surface area (Å²) in [6.07, 6.45) is 0. The molecule has 6 heteroatoms. The number of hydrogen-bond acceptors (Lipinski definition) is 3. The normalized spacial score (nSPS) is 11.6. The Hall–Kier alpha value is -2.37. The summed E-state index contributed by atoms with van der Waals surface area (Å²) in [5.74, 6) is -2.97. The van der Waals surface area contributed by atoms with E-state index in [1.807, 2.05) is 13.8 Å². The van der Waals surface area contributed by atoms with Crippen molar-refractivity contribution >= 4 is 23.5 Å². The lowest BCUT2D eigenvalue weighted by molar-refractivity contribution is -0.144. The van der Waals surface area contributed by atoms with E-state index in [-0.39, 0.29) is 5.91 Å². The molecule has 2 N–H and O–H groups in total. The largest absolute Gasteiger partial charge is 0.481 e. The topological polar surface area (TPSA) is 86.7 Å². The quantitative estimate of drug-likeness (QED) is 0.783. The molecule has 0 aliphatic heterocycles. The molecule has 0 fully saturated rings. The third-order valence-corrected chi connectivity index (χ3v) is 3.21. The standard InChI is InChI=1S/C15H20N2O4/c1-4-17(5-2)14(19)11-6-8-12(9-7-11)16-13(18)10(3)15(20)21/h6-10H,4-5H2,1-3H3,(H,16,18)(H,20,21). The van der Waals surface area contributed by atoms with Gasteiger partial charge in [-0.25, -0.2) is 0 Å². The Morgan fingerprint density at radius 2 is 1.67 bits per heavy atom. The fraction of sp³-hybridized carbons (Fsp3) is 0.400. The van der Waals surface area contributed by atoms with Crippen LogP contribution in [0.3, 0.4) is 0 Å². The van der Waals surface area contributed by atoms with Crippen LogP contribution in [-0.4, -0.2) is 40.9 Å². The molecule has 2 amide bonds. The number of nitrogens with zero attached hydrogens (tertiary/aromatic N) is 1. The lowest BCUT2D eigenvalue weighted by atomic mass is 10.1. The van der Waals surface area contributed by atoms with Gasteiger partial charge in [-0.05, 0) is 45.0 Å². The molecule has 114 valence electrons. The summed E-state index contributed by atoms with van der Waals surface area (Å²) in [5, 5.41) is 11.3. The van der Waals surface area contributed by atoms with Gasteiger partial charge in [0.15, 0.2) is 0 Å². The molecule has 0 aromatic heterocycles. The van der Waals surface area contributed by atoms with Gasteiger partial charge in [0, 0.05) is 24.3 Å². The van der Waals surface area contributed by atoms with E-state index in [9.17, 15) is 14.4 Å². The number of nitrogens with one attached hydrogen (secondary N) is 1. The maximum Gasteiger partial charge on any atom is 0.315 e. The Balaban J connectivity index is 2.77. The van der Waals surface area contributed by atoms with Crippen LogP contribution in [0.5, 0.6) is 0 Å². The Labute approximate surface area is 123 Å². The first-order valence-corrected chi connectivity index (χ1v) is 6.83. The first-order chi connectivity index (χ1) is 9.90. The van der Waals surface area contributed by atoms with E-state index in [0.717, 1.165) is 0 Å². The summed E-state index contributed by atoms with van der Waals surface area (Å²) in [7, 11) is 0. The predicted octanol–water partition coefficient (Wildman–Crippen LogP) is 1.83. The monoisotopic (exact) mass is 292 g/mol. The summed E-state index contributed by atoms with van der Waals surface area (Å²) >= 11 is 0. The third kappa shape index (κ3) is 4.30. The van der Waals surface area contributed by atoms with Crippen LogP contribution in [0.2, 0.25) is 0 Å².